The number of phenols is 1. The fourth-order valence-corrected chi connectivity index (χ4v) is 5.40. The Labute approximate surface area is 286 Å². The molecule has 1 saturated heterocycles. The van der Waals surface area contributed by atoms with E-state index in [2.05, 4.69) is 10.6 Å². The number of rotatable bonds is 13. The monoisotopic (exact) mass is 699 g/mol. The highest BCUT2D eigenvalue weighted by atomic mass is 19.4. The summed E-state index contributed by atoms with van der Waals surface area (Å²) in [4.78, 5) is 62.7. The molecule has 0 unspecified atom stereocenters. The Bertz CT molecular complexity index is 1590. The van der Waals surface area contributed by atoms with Crippen molar-refractivity contribution >= 4 is 29.6 Å². The first-order valence-electron chi connectivity index (χ1n) is 15.7. The Balaban J connectivity index is 0.000000872. The molecule has 0 bridgehead atoms. The van der Waals surface area contributed by atoms with E-state index in [9.17, 15) is 37.5 Å². The number of amides is 4. The number of carbonyl (C=O) groups excluding carboxylic acids is 4. The molecule has 0 aliphatic carbocycles. The van der Waals surface area contributed by atoms with Gasteiger partial charge in [-0.05, 0) is 48.1 Å². The van der Waals surface area contributed by atoms with Crippen LogP contribution in [0.1, 0.15) is 36.0 Å². The van der Waals surface area contributed by atoms with Gasteiger partial charge in [-0.3, -0.25) is 19.2 Å². The largest absolute Gasteiger partial charge is 0.508 e. The van der Waals surface area contributed by atoms with Gasteiger partial charge in [-0.1, -0.05) is 72.8 Å². The number of hydrogen-bond acceptors (Lipinski definition) is 7. The van der Waals surface area contributed by atoms with Gasteiger partial charge in [0, 0.05) is 31.8 Å². The molecule has 0 spiro atoms. The lowest BCUT2D eigenvalue weighted by molar-refractivity contribution is -0.192. The summed E-state index contributed by atoms with van der Waals surface area (Å²) < 4.78 is 31.7. The van der Waals surface area contributed by atoms with Crippen molar-refractivity contribution in [3.8, 4) is 5.75 Å². The van der Waals surface area contributed by atoms with Crippen molar-refractivity contribution in [2.24, 2.45) is 11.5 Å². The topological polar surface area (TPSA) is 205 Å². The summed E-state index contributed by atoms with van der Waals surface area (Å²) in [5.74, 6) is -4.45. The molecule has 12 nitrogen and oxygen atoms in total. The van der Waals surface area contributed by atoms with E-state index in [1.807, 2.05) is 60.7 Å². The maximum absolute atomic E-state index is 13.5. The Morgan fingerprint density at radius 2 is 1.30 bits per heavy atom. The van der Waals surface area contributed by atoms with Crippen LogP contribution in [-0.4, -0.2) is 81.6 Å². The number of primary amides is 1. The number of carboxylic acid groups (broad SMARTS) is 1. The fourth-order valence-electron chi connectivity index (χ4n) is 5.40. The van der Waals surface area contributed by atoms with E-state index in [1.54, 1.807) is 29.2 Å². The van der Waals surface area contributed by atoms with Gasteiger partial charge < -0.3 is 37.2 Å². The summed E-state index contributed by atoms with van der Waals surface area (Å²) in [6.07, 6.45) is -2.96. The molecule has 50 heavy (non-hydrogen) atoms. The normalized spacial score (nSPS) is 15.8. The molecular formula is C35H40F3N5O7. The number of aromatic hydroxyl groups is 1. The quantitative estimate of drug-likeness (QED) is 0.156. The number of nitrogens with two attached hydrogens (primary N) is 2. The molecular weight excluding hydrogens is 659 g/mol. The van der Waals surface area contributed by atoms with E-state index in [0.717, 1.165) is 23.1 Å². The fraction of sp³-hybridized carbons (Fsp3) is 0.343. The first kappa shape index (κ1) is 39.0. The van der Waals surface area contributed by atoms with Crippen molar-refractivity contribution < 1.29 is 47.4 Å². The first-order chi connectivity index (χ1) is 23.6. The molecule has 1 aliphatic heterocycles. The zero-order valence-corrected chi connectivity index (χ0v) is 27.0. The summed E-state index contributed by atoms with van der Waals surface area (Å²) in [5.41, 5.74) is 14.4. The summed E-state index contributed by atoms with van der Waals surface area (Å²) in [5, 5.41) is 22.2. The zero-order valence-electron chi connectivity index (χ0n) is 27.0. The molecule has 0 saturated carbocycles. The van der Waals surface area contributed by atoms with Crippen LogP contribution >= 0.6 is 0 Å². The Morgan fingerprint density at radius 1 is 0.800 bits per heavy atom. The predicted molar refractivity (Wildman–Crippen MR) is 176 cm³/mol. The molecule has 4 amide bonds. The van der Waals surface area contributed by atoms with Crippen molar-refractivity contribution in [1.82, 2.24) is 15.5 Å². The van der Waals surface area contributed by atoms with Crippen LogP contribution in [0.5, 0.6) is 5.75 Å². The standard InChI is InChI=1S/C33H39N5O5.C2HF3O2/c34-27(18-24-13-15-26(39)16-14-24)33(43)38-17-7-12-25(38)21-30(40)36-29(20-23-10-5-2-6-11-23)32(42)37-28(31(35)41)19-22-8-3-1-4-9-22;3-2(4,5)1(6)7/h1-6,8-11,13-16,25,27-29,39H,7,12,17-21,34H2,(H2,35,41)(H,36,40)(H,37,42);(H,6,7)/t25-,27+,28+,29+;/m1./s1. The average Bonchev–Trinajstić information content (AvgIpc) is 3.53. The van der Waals surface area contributed by atoms with Gasteiger partial charge in [-0.15, -0.1) is 0 Å². The smallest absolute Gasteiger partial charge is 0.490 e. The van der Waals surface area contributed by atoms with E-state index in [-0.39, 0.29) is 42.9 Å². The van der Waals surface area contributed by atoms with E-state index in [0.29, 0.717) is 19.4 Å². The molecule has 0 radical (unpaired) electrons. The molecule has 1 aliphatic rings. The third-order valence-corrected chi connectivity index (χ3v) is 7.91. The maximum Gasteiger partial charge on any atom is 0.490 e. The van der Waals surface area contributed by atoms with Crippen molar-refractivity contribution in [1.29, 1.82) is 0 Å². The van der Waals surface area contributed by atoms with Crippen molar-refractivity contribution in [2.45, 2.75) is 68.9 Å². The van der Waals surface area contributed by atoms with Crippen molar-refractivity contribution in [3.05, 3.63) is 102 Å². The molecule has 1 fully saturated rings. The third kappa shape index (κ3) is 12.5. The highest BCUT2D eigenvalue weighted by molar-refractivity contribution is 5.92. The number of alkyl halides is 3. The molecule has 8 N–H and O–H groups in total. The van der Waals surface area contributed by atoms with E-state index in [4.69, 9.17) is 21.4 Å². The SMILES string of the molecule is NC(=O)[C@H](Cc1ccccc1)NC(=O)[C@H](Cc1ccccc1)NC(=O)C[C@H]1CCCN1C(=O)[C@@H](N)Cc1ccc(O)cc1.O=C(O)C(F)(F)F. The maximum atomic E-state index is 13.5. The number of phenolic OH excluding ortho intramolecular Hbond substituents is 1. The predicted octanol–water partition coefficient (Wildman–Crippen LogP) is 2.22. The van der Waals surface area contributed by atoms with Gasteiger partial charge >= 0.3 is 12.1 Å². The number of nitrogens with one attached hydrogen (secondary N) is 2. The van der Waals surface area contributed by atoms with Crippen LogP contribution in [0.25, 0.3) is 0 Å². The van der Waals surface area contributed by atoms with Crippen LogP contribution in [0.15, 0.2) is 84.9 Å². The van der Waals surface area contributed by atoms with Crippen LogP contribution in [0, 0.1) is 0 Å². The van der Waals surface area contributed by atoms with E-state index >= 15 is 0 Å². The molecule has 0 aromatic heterocycles. The van der Waals surface area contributed by atoms with Gasteiger partial charge in [-0.25, -0.2) is 4.79 Å². The van der Waals surface area contributed by atoms with Crippen LogP contribution < -0.4 is 22.1 Å². The Morgan fingerprint density at radius 3 is 1.80 bits per heavy atom. The number of likely N-dealkylation sites (tertiary alicyclic amines) is 1. The number of halogens is 3. The van der Waals surface area contributed by atoms with Gasteiger partial charge in [0.25, 0.3) is 0 Å². The molecule has 3 aromatic rings. The van der Waals surface area contributed by atoms with Crippen LogP contribution in [0.2, 0.25) is 0 Å². The second-order valence-corrected chi connectivity index (χ2v) is 11.8. The number of carboxylic acids is 1. The van der Waals surface area contributed by atoms with Gasteiger partial charge in [0.05, 0.1) is 6.04 Å². The zero-order chi connectivity index (χ0) is 36.8. The highest BCUT2D eigenvalue weighted by Crippen LogP contribution is 2.22. The lowest BCUT2D eigenvalue weighted by Crippen LogP contribution is -2.55. The number of carbonyl (C=O) groups is 5. The van der Waals surface area contributed by atoms with Gasteiger partial charge in [0.15, 0.2) is 0 Å². The third-order valence-electron chi connectivity index (χ3n) is 7.91. The Kier molecular flexibility index (Phi) is 14.3. The van der Waals surface area contributed by atoms with Gasteiger partial charge in [0.2, 0.25) is 23.6 Å². The summed E-state index contributed by atoms with van der Waals surface area (Å²) in [6.45, 7) is 0.494. The van der Waals surface area contributed by atoms with Crippen LogP contribution in [0.4, 0.5) is 13.2 Å². The second-order valence-electron chi connectivity index (χ2n) is 11.8. The van der Waals surface area contributed by atoms with Crippen molar-refractivity contribution in [2.75, 3.05) is 6.54 Å². The van der Waals surface area contributed by atoms with Crippen LogP contribution in [0.3, 0.4) is 0 Å². The number of benzene rings is 3. The van der Waals surface area contributed by atoms with Crippen LogP contribution in [-0.2, 0) is 43.2 Å². The number of hydrogen-bond donors (Lipinski definition) is 6. The molecule has 268 valence electrons. The highest BCUT2D eigenvalue weighted by Gasteiger charge is 2.38. The molecule has 15 heteroatoms. The minimum absolute atomic E-state index is 0.0134. The van der Waals surface area contributed by atoms with Gasteiger partial charge in [0.1, 0.15) is 17.8 Å². The first-order valence-corrected chi connectivity index (χ1v) is 15.7. The molecule has 1 heterocycles. The Hall–Kier alpha value is -5.44. The van der Waals surface area contributed by atoms with E-state index < -0.39 is 42.1 Å². The lowest BCUT2D eigenvalue weighted by atomic mass is 10.0. The number of nitrogens with zero attached hydrogens (tertiary/aromatic N) is 1. The molecule has 4 atom stereocenters. The molecule has 4 rings (SSSR count). The summed E-state index contributed by atoms with van der Waals surface area (Å²) >= 11 is 0. The minimum Gasteiger partial charge on any atom is -0.508 e. The molecule has 3 aromatic carbocycles. The van der Waals surface area contributed by atoms with Gasteiger partial charge in [-0.2, -0.15) is 13.2 Å². The lowest BCUT2D eigenvalue weighted by Gasteiger charge is -2.28. The second kappa shape index (κ2) is 18.4. The average molecular weight is 700 g/mol. The minimum atomic E-state index is -5.08. The summed E-state index contributed by atoms with van der Waals surface area (Å²) in [7, 11) is 0. The number of aliphatic carboxylic acids is 1. The summed E-state index contributed by atoms with van der Waals surface area (Å²) in [6, 6.07) is 22.0. The van der Waals surface area contributed by atoms with Crippen molar-refractivity contribution in [3.63, 3.8) is 0 Å². The van der Waals surface area contributed by atoms with E-state index in [1.165, 1.54) is 0 Å².